The molecular formula is C20H19Cl2N5O2. The Morgan fingerprint density at radius 1 is 1.03 bits per heavy atom. The lowest BCUT2D eigenvalue weighted by molar-refractivity contribution is -0.115. The van der Waals surface area contributed by atoms with Gasteiger partial charge < -0.3 is 16.4 Å². The number of rotatable bonds is 5. The highest BCUT2D eigenvalue weighted by Crippen LogP contribution is 2.26. The SMILES string of the molecule is Cc1nn(-c2ccc(Cl)c(Cl)c2)c(C)c1CC(=O)Nc1cccc(NC(N)=O)c1. The summed E-state index contributed by atoms with van der Waals surface area (Å²) < 4.78 is 1.73. The number of nitrogens with two attached hydrogens (primary N) is 1. The smallest absolute Gasteiger partial charge is 0.316 e. The van der Waals surface area contributed by atoms with Crippen LogP contribution in [0.2, 0.25) is 10.0 Å². The summed E-state index contributed by atoms with van der Waals surface area (Å²) in [4.78, 5) is 23.5. The number of nitrogens with one attached hydrogen (secondary N) is 2. The van der Waals surface area contributed by atoms with Crippen molar-refractivity contribution < 1.29 is 9.59 Å². The van der Waals surface area contributed by atoms with E-state index in [2.05, 4.69) is 15.7 Å². The molecule has 3 aromatic rings. The Labute approximate surface area is 177 Å². The molecule has 0 radical (unpaired) electrons. The van der Waals surface area contributed by atoms with Crippen molar-refractivity contribution in [3.05, 3.63) is 69.5 Å². The van der Waals surface area contributed by atoms with E-state index >= 15 is 0 Å². The highest BCUT2D eigenvalue weighted by Gasteiger charge is 2.17. The molecular weight excluding hydrogens is 413 g/mol. The molecule has 0 bridgehead atoms. The van der Waals surface area contributed by atoms with E-state index in [1.165, 1.54) is 0 Å². The number of nitrogens with zero attached hydrogens (tertiary/aromatic N) is 2. The van der Waals surface area contributed by atoms with Crippen molar-refractivity contribution in [1.82, 2.24) is 9.78 Å². The fourth-order valence-electron chi connectivity index (χ4n) is 2.98. The average Bonchev–Trinajstić information content (AvgIpc) is 2.92. The Morgan fingerprint density at radius 3 is 2.38 bits per heavy atom. The summed E-state index contributed by atoms with van der Waals surface area (Å²) in [5, 5.41) is 10.7. The highest BCUT2D eigenvalue weighted by atomic mass is 35.5. The molecule has 0 fully saturated rings. The molecule has 0 spiro atoms. The van der Waals surface area contributed by atoms with Crippen LogP contribution in [-0.2, 0) is 11.2 Å². The molecule has 4 N–H and O–H groups in total. The molecule has 29 heavy (non-hydrogen) atoms. The van der Waals surface area contributed by atoms with Gasteiger partial charge >= 0.3 is 6.03 Å². The maximum atomic E-state index is 12.6. The third-order valence-corrected chi connectivity index (χ3v) is 5.08. The van der Waals surface area contributed by atoms with E-state index < -0.39 is 6.03 Å². The van der Waals surface area contributed by atoms with Crippen molar-refractivity contribution in [3.63, 3.8) is 0 Å². The van der Waals surface area contributed by atoms with Crippen LogP contribution in [0.15, 0.2) is 42.5 Å². The molecule has 1 heterocycles. The van der Waals surface area contributed by atoms with Crippen LogP contribution in [0.3, 0.4) is 0 Å². The molecule has 1 aromatic heterocycles. The maximum absolute atomic E-state index is 12.6. The summed E-state index contributed by atoms with van der Waals surface area (Å²) in [5.74, 6) is -0.207. The third-order valence-electron chi connectivity index (χ3n) is 4.34. The number of carbonyl (C=O) groups is 2. The Kier molecular flexibility index (Phi) is 6.10. The average molecular weight is 432 g/mol. The van der Waals surface area contributed by atoms with Gasteiger partial charge in [-0.05, 0) is 50.2 Å². The summed E-state index contributed by atoms with van der Waals surface area (Å²) in [6, 6.07) is 11.3. The van der Waals surface area contributed by atoms with Crippen molar-refractivity contribution in [3.8, 4) is 5.69 Å². The standard InChI is InChI=1S/C20H19Cl2N5O2/c1-11-16(12(2)27(26-11)15-6-7-17(21)18(22)9-15)10-19(28)24-13-4-3-5-14(8-13)25-20(23)29/h3-9H,10H2,1-2H3,(H,24,28)(H3,23,25,29). The topological polar surface area (TPSA) is 102 Å². The summed E-state index contributed by atoms with van der Waals surface area (Å²) in [6.45, 7) is 3.74. The number of aromatic nitrogens is 2. The zero-order chi connectivity index (χ0) is 21.1. The first-order valence-corrected chi connectivity index (χ1v) is 9.47. The normalized spacial score (nSPS) is 10.6. The minimum Gasteiger partial charge on any atom is -0.351 e. The molecule has 0 saturated heterocycles. The summed E-state index contributed by atoms with van der Waals surface area (Å²) >= 11 is 12.1. The molecule has 0 aliphatic rings. The summed E-state index contributed by atoms with van der Waals surface area (Å²) in [5.41, 5.74) is 9.32. The molecule has 0 atom stereocenters. The van der Waals surface area contributed by atoms with Gasteiger partial charge in [-0.3, -0.25) is 4.79 Å². The lowest BCUT2D eigenvalue weighted by Gasteiger charge is -2.09. The fraction of sp³-hybridized carbons (Fsp3) is 0.150. The fourth-order valence-corrected chi connectivity index (χ4v) is 3.27. The highest BCUT2D eigenvalue weighted by molar-refractivity contribution is 6.42. The Balaban J connectivity index is 1.78. The number of hydrogen-bond donors (Lipinski definition) is 3. The van der Waals surface area contributed by atoms with Crippen LogP contribution in [0.5, 0.6) is 0 Å². The predicted octanol–water partition coefficient (Wildman–Crippen LogP) is 4.47. The summed E-state index contributed by atoms with van der Waals surface area (Å²) in [7, 11) is 0. The van der Waals surface area contributed by atoms with Gasteiger partial charge in [0.15, 0.2) is 0 Å². The van der Waals surface area contributed by atoms with Gasteiger partial charge in [0.1, 0.15) is 0 Å². The van der Waals surface area contributed by atoms with E-state index in [0.717, 1.165) is 22.6 Å². The van der Waals surface area contributed by atoms with Crippen LogP contribution in [0.4, 0.5) is 16.2 Å². The van der Waals surface area contributed by atoms with E-state index in [0.29, 0.717) is 21.4 Å². The van der Waals surface area contributed by atoms with Gasteiger partial charge in [-0.2, -0.15) is 5.10 Å². The number of anilines is 2. The van der Waals surface area contributed by atoms with Crippen molar-refractivity contribution in [2.75, 3.05) is 10.6 Å². The van der Waals surface area contributed by atoms with Crippen molar-refractivity contribution >= 4 is 46.5 Å². The Hall–Kier alpha value is -3.03. The molecule has 0 aliphatic heterocycles. The van der Waals surface area contributed by atoms with Gasteiger partial charge in [-0.15, -0.1) is 0 Å². The first kappa shape index (κ1) is 20.7. The number of halogens is 2. The van der Waals surface area contributed by atoms with E-state index in [1.807, 2.05) is 19.9 Å². The van der Waals surface area contributed by atoms with Crippen LogP contribution in [0.1, 0.15) is 17.0 Å². The monoisotopic (exact) mass is 431 g/mol. The summed E-state index contributed by atoms with van der Waals surface area (Å²) in [6.07, 6.45) is 0.145. The van der Waals surface area contributed by atoms with E-state index in [-0.39, 0.29) is 12.3 Å². The van der Waals surface area contributed by atoms with Crippen LogP contribution >= 0.6 is 23.2 Å². The second-order valence-corrected chi connectivity index (χ2v) is 7.27. The van der Waals surface area contributed by atoms with Crippen LogP contribution in [0.25, 0.3) is 5.69 Å². The van der Waals surface area contributed by atoms with Gasteiger partial charge in [-0.25, -0.2) is 9.48 Å². The van der Waals surface area contributed by atoms with Crippen molar-refractivity contribution in [2.45, 2.75) is 20.3 Å². The van der Waals surface area contributed by atoms with Crippen LogP contribution in [-0.4, -0.2) is 21.7 Å². The number of hydrogen-bond acceptors (Lipinski definition) is 3. The van der Waals surface area contributed by atoms with Crippen molar-refractivity contribution in [2.24, 2.45) is 5.73 Å². The number of aryl methyl sites for hydroxylation is 1. The van der Waals surface area contributed by atoms with Crippen LogP contribution in [0, 0.1) is 13.8 Å². The van der Waals surface area contributed by atoms with Gasteiger partial charge in [-0.1, -0.05) is 29.3 Å². The maximum Gasteiger partial charge on any atom is 0.316 e. The minimum atomic E-state index is -0.672. The first-order valence-electron chi connectivity index (χ1n) is 8.71. The number of benzene rings is 2. The van der Waals surface area contributed by atoms with E-state index in [1.54, 1.807) is 41.1 Å². The van der Waals surface area contributed by atoms with E-state index in [4.69, 9.17) is 28.9 Å². The molecule has 7 nitrogen and oxygen atoms in total. The Bertz CT molecular complexity index is 1090. The number of amides is 3. The number of primary amides is 1. The first-order chi connectivity index (χ1) is 13.7. The number of carbonyl (C=O) groups excluding carboxylic acids is 2. The molecule has 0 saturated carbocycles. The van der Waals surface area contributed by atoms with E-state index in [9.17, 15) is 9.59 Å². The minimum absolute atomic E-state index is 0.145. The van der Waals surface area contributed by atoms with Gasteiger partial charge in [0.2, 0.25) is 5.91 Å². The number of urea groups is 1. The second-order valence-electron chi connectivity index (χ2n) is 6.45. The molecule has 0 unspecified atom stereocenters. The molecule has 0 aliphatic carbocycles. The third kappa shape index (κ3) is 4.88. The largest absolute Gasteiger partial charge is 0.351 e. The van der Waals surface area contributed by atoms with Crippen LogP contribution < -0.4 is 16.4 Å². The Morgan fingerprint density at radius 2 is 1.72 bits per heavy atom. The molecule has 3 rings (SSSR count). The lowest BCUT2D eigenvalue weighted by Crippen LogP contribution is -2.19. The van der Waals surface area contributed by atoms with Gasteiger partial charge in [0.05, 0.1) is 27.8 Å². The molecule has 3 amide bonds. The van der Waals surface area contributed by atoms with Gasteiger partial charge in [0, 0.05) is 22.6 Å². The molecule has 2 aromatic carbocycles. The lowest BCUT2D eigenvalue weighted by atomic mass is 10.1. The predicted molar refractivity (Wildman–Crippen MR) is 115 cm³/mol. The second kappa shape index (κ2) is 8.55. The zero-order valence-electron chi connectivity index (χ0n) is 15.8. The molecule has 150 valence electrons. The van der Waals surface area contributed by atoms with Gasteiger partial charge in [0.25, 0.3) is 0 Å². The molecule has 9 heteroatoms. The van der Waals surface area contributed by atoms with Crippen molar-refractivity contribution in [1.29, 1.82) is 0 Å². The zero-order valence-corrected chi connectivity index (χ0v) is 17.3. The quantitative estimate of drug-likeness (QED) is 0.555.